The number of hydrogen-bond acceptors (Lipinski definition) is 6. The number of aryl methyl sites for hydroxylation is 1. The summed E-state index contributed by atoms with van der Waals surface area (Å²) in [7, 11) is 0. The van der Waals surface area contributed by atoms with Gasteiger partial charge in [0.1, 0.15) is 12.0 Å². The summed E-state index contributed by atoms with van der Waals surface area (Å²) in [6.45, 7) is 6.23. The number of piperazine rings is 1. The van der Waals surface area contributed by atoms with Crippen molar-refractivity contribution in [3.05, 3.63) is 58.1 Å². The van der Waals surface area contributed by atoms with Crippen LogP contribution in [0.2, 0.25) is 0 Å². The Morgan fingerprint density at radius 3 is 2.64 bits per heavy atom. The average molecular weight is 451 g/mol. The Hall–Kier alpha value is -3.33. The van der Waals surface area contributed by atoms with Crippen molar-refractivity contribution in [1.82, 2.24) is 19.9 Å². The fourth-order valence-electron chi connectivity index (χ4n) is 4.24. The minimum absolute atomic E-state index is 0.0455. The summed E-state index contributed by atoms with van der Waals surface area (Å²) >= 11 is 0. The Labute approximate surface area is 190 Å². The minimum atomic E-state index is -1.01. The highest BCUT2D eigenvalue weighted by Gasteiger charge is 2.43. The molecule has 2 atom stereocenters. The summed E-state index contributed by atoms with van der Waals surface area (Å²) in [5.41, 5.74) is 4.36. The van der Waals surface area contributed by atoms with Crippen molar-refractivity contribution in [1.29, 1.82) is 0 Å². The van der Waals surface area contributed by atoms with E-state index in [1.807, 2.05) is 31.3 Å². The molecule has 2 N–H and O–H groups in total. The van der Waals surface area contributed by atoms with Crippen molar-refractivity contribution in [3.8, 4) is 0 Å². The number of carbonyl (C=O) groups is 1. The molecule has 1 aliphatic heterocycles. The monoisotopic (exact) mass is 450 g/mol. The van der Waals surface area contributed by atoms with Gasteiger partial charge in [0, 0.05) is 44.5 Å². The summed E-state index contributed by atoms with van der Waals surface area (Å²) in [6, 6.07) is 7.58. The Morgan fingerprint density at radius 2 is 1.97 bits per heavy atom. The molecule has 3 aromatic rings. The van der Waals surface area contributed by atoms with Crippen molar-refractivity contribution in [2.24, 2.45) is 5.92 Å². The topological polar surface area (TPSA) is 94.2 Å². The number of hydrogen-bond donors (Lipinski definition) is 2. The molecule has 4 heterocycles. The molecule has 172 valence electrons. The summed E-state index contributed by atoms with van der Waals surface area (Å²) in [6.07, 6.45) is 3.62. The third-order valence-electron chi connectivity index (χ3n) is 6.40. The SMILES string of the molecule is CCc1cc2ncc(CN3CCN(c4ccc(NC(=O)[C@H]5C[C@H]5F)nc4)CC3)cc2[nH]c1=O. The van der Waals surface area contributed by atoms with Gasteiger partial charge >= 0.3 is 0 Å². The van der Waals surface area contributed by atoms with E-state index in [4.69, 9.17) is 0 Å². The fourth-order valence-corrected chi connectivity index (χ4v) is 4.24. The van der Waals surface area contributed by atoms with E-state index in [-0.39, 0.29) is 11.5 Å². The van der Waals surface area contributed by atoms with Crippen molar-refractivity contribution in [3.63, 3.8) is 0 Å². The second-order valence-corrected chi connectivity index (χ2v) is 8.77. The van der Waals surface area contributed by atoms with Gasteiger partial charge in [-0.05, 0) is 42.7 Å². The van der Waals surface area contributed by atoms with Crippen LogP contribution in [0.4, 0.5) is 15.9 Å². The van der Waals surface area contributed by atoms with E-state index in [9.17, 15) is 14.0 Å². The Morgan fingerprint density at radius 1 is 1.18 bits per heavy atom. The zero-order valence-corrected chi connectivity index (χ0v) is 18.6. The van der Waals surface area contributed by atoms with E-state index in [1.54, 1.807) is 12.3 Å². The number of aromatic amines is 1. The van der Waals surface area contributed by atoms with Gasteiger partial charge in [-0.15, -0.1) is 0 Å². The van der Waals surface area contributed by atoms with Crippen molar-refractivity contribution < 1.29 is 9.18 Å². The highest BCUT2D eigenvalue weighted by molar-refractivity contribution is 5.94. The molecule has 2 aliphatic rings. The van der Waals surface area contributed by atoms with E-state index in [0.29, 0.717) is 18.7 Å². The van der Waals surface area contributed by atoms with Gasteiger partial charge in [-0.1, -0.05) is 6.92 Å². The van der Waals surface area contributed by atoms with Crippen LogP contribution in [0.25, 0.3) is 11.0 Å². The van der Waals surface area contributed by atoms with Gasteiger partial charge in [0.2, 0.25) is 5.91 Å². The third-order valence-corrected chi connectivity index (χ3v) is 6.40. The molecule has 0 bridgehead atoms. The fraction of sp³-hybridized carbons (Fsp3) is 0.417. The van der Waals surface area contributed by atoms with E-state index in [1.165, 1.54) is 0 Å². The van der Waals surface area contributed by atoms with Crippen molar-refractivity contribution >= 4 is 28.4 Å². The lowest BCUT2D eigenvalue weighted by atomic mass is 10.1. The molecule has 0 radical (unpaired) electrons. The molecule has 0 unspecified atom stereocenters. The van der Waals surface area contributed by atoms with Crippen LogP contribution in [0.15, 0.2) is 41.5 Å². The number of amides is 1. The van der Waals surface area contributed by atoms with Gasteiger partial charge < -0.3 is 15.2 Å². The first-order valence-corrected chi connectivity index (χ1v) is 11.4. The van der Waals surface area contributed by atoms with Gasteiger partial charge in [0.25, 0.3) is 5.56 Å². The van der Waals surface area contributed by atoms with Crippen LogP contribution in [-0.4, -0.2) is 58.1 Å². The molecule has 1 saturated heterocycles. The first kappa shape index (κ1) is 21.5. The molecule has 1 amide bonds. The Kier molecular flexibility index (Phi) is 5.80. The van der Waals surface area contributed by atoms with Crippen LogP contribution in [0.3, 0.4) is 0 Å². The lowest BCUT2D eigenvalue weighted by Crippen LogP contribution is -2.46. The number of fused-ring (bicyclic) bond motifs is 1. The van der Waals surface area contributed by atoms with Gasteiger partial charge in [-0.25, -0.2) is 9.37 Å². The number of anilines is 2. The lowest BCUT2D eigenvalue weighted by Gasteiger charge is -2.36. The number of rotatable bonds is 6. The van der Waals surface area contributed by atoms with Crippen LogP contribution in [0, 0.1) is 5.92 Å². The molecule has 0 aromatic carbocycles. The molecule has 3 aromatic heterocycles. The predicted octanol–water partition coefficient (Wildman–Crippen LogP) is 2.50. The molecule has 33 heavy (non-hydrogen) atoms. The zero-order chi connectivity index (χ0) is 22.9. The zero-order valence-electron chi connectivity index (χ0n) is 18.6. The molecular weight excluding hydrogens is 423 g/mol. The summed E-state index contributed by atoms with van der Waals surface area (Å²) < 4.78 is 13.0. The Bertz CT molecular complexity index is 1220. The van der Waals surface area contributed by atoms with Crippen LogP contribution >= 0.6 is 0 Å². The van der Waals surface area contributed by atoms with Gasteiger partial charge in [-0.2, -0.15) is 0 Å². The van der Waals surface area contributed by atoms with E-state index in [2.05, 4.69) is 30.1 Å². The first-order valence-electron chi connectivity index (χ1n) is 11.4. The second-order valence-electron chi connectivity index (χ2n) is 8.77. The lowest BCUT2D eigenvalue weighted by molar-refractivity contribution is -0.117. The summed E-state index contributed by atoms with van der Waals surface area (Å²) in [4.78, 5) is 40.4. The predicted molar refractivity (Wildman–Crippen MR) is 125 cm³/mol. The highest BCUT2D eigenvalue weighted by Crippen LogP contribution is 2.34. The molecule has 1 aliphatic carbocycles. The number of halogens is 1. The maximum absolute atomic E-state index is 13.0. The van der Waals surface area contributed by atoms with Gasteiger partial charge in [0.05, 0.1) is 28.8 Å². The van der Waals surface area contributed by atoms with Crippen molar-refractivity contribution in [2.45, 2.75) is 32.5 Å². The smallest absolute Gasteiger partial charge is 0.251 e. The average Bonchev–Trinajstić information content (AvgIpc) is 3.56. The van der Waals surface area contributed by atoms with E-state index >= 15 is 0 Å². The number of carbonyl (C=O) groups excluding carboxylic acids is 1. The number of pyridine rings is 3. The van der Waals surface area contributed by atoms with E-state index < -0.39 is 12.1 Å². The van der Waals surface area contributed by atoms with Gasteiger partial charge in [-0.3, -0.25) is 19.5 Å². The van der Waals surface area contributed by atoms with Crippen LogP contribution in [0.5, 0.6) is 0 Å². The summed E-state index contributed by atoms with van der Waals surface area (Å²) in [5.74, 6) is -0.366. The molecule has 0 spiro atoms. The molecule has 5 rings (SSSR count). The molecular formula is C24H27FN6O2. The number of nitrogens with zero attached hydrogens (tertiary/aromatic N) is 4. The van der Waals surface area contributed by atoms with Crippen LogP contribution in [0.1, 0.15) is 24.5 Å². The van der Waals surface area contributed by atoms with Crippen LogP contribution < -0.4 is 15.8 Å². The molecule has 2 fully saturated rings. The highest BCUT2D eigenvalue weighted by atomic mass is 19.1. The summed E-state index contributed by atoms with van der Waals surface area (Å²) in [5, 5.41) is 2.68. The number of alkyl halides is 1. The number of nitrogens with one attached hydrogen (secondary N) is 2. The quantitative estimate of drug-likeness (QED) is 0.599. The third kappa shape index (κ3) is 4.73. The normalized spacial score (nSPS) is 20.7. The standard InChI is InChI=1S/C24H27FN6O2/c1-2-16-10-20-21(28-23(16)32)9-15(12-26-20)14-30-5-7-31(8-6-30)17-3-4-22(27-13-17)29-24(33)18-11-19(18)25/h3-4,9-10,12-13,18-19H,2,5-8,11,14H2,1H3,(H,28,32)(H,27,29,33)/t18-,19+/m0/s1. The van der Waals surface area contributed by atoms with E-state index in [0.717, 1.165) is 60.6 Å². The number of H-pyrrole nitrogens is 1. The molecule has 9 heteroatoms. The minimum Gasteiger partial charge on any atom is -0.368 e. The largest absolute Gasteiger partial charge is 0.368 e. The van der Waals surface area contributed by atoms with Crippen LogP contribution in [-0.2, 0) is 17.8 Å². The Balaban J connectivity index is 1.16. The number of aromatic nitrogens is 3. The van der Waals surface area contributed by atoms with Crippen molar-refractivity contribution in [2.75, 3.05) is 36.4 Å². The first-order chi connectivity index (χ1) is 16.0. The second kappa shape index (κ2) is 8.90. The molecule has 8 nitrogen and oxygen atoms in total. The maximum atomic E-state index is 13.0. The van der Waals surface area contributed by atoms with Gasteiger partial charge in [0.15, 0.2) is 0 Å². The molecule has 1 saturated carbocycles. The maximum Gasteiger partial charge on any atom is 0.251 e.